The Morgan fingerprint density at radius 3 is 2.79 bits per heavy atom. The smallest absolute Gasteiger partial charge is 0.231 e. The van der Waals surface area contributed by atoms with E-state index in [1.165, 1.54) is 0 Å². The Kier molecular flexibility index (Phi) is 6.33. The van der Waals surface area contributed by atoms with E-state index in [1.54, 1.807) is 12.1 Å². The number of carbonyl (C=O) groups excluding carboxylic acids is 2. The van der Waals surface area contributed by atoms with Crippen molar-refractivity contribution in [2.45, 2.75) is 25.7 Å². The number of hydrogen-bond donors (Lipinski definition) is 3. The number of hydrogen-bond acceptors (Lipinski definition) is 6. The monoisotopic (exact) mass is 419 g/mol. The van der Waals surface area contributed by atoms with Crippen molar-refractivity contribution in [1.29, 1.82) is 0 Å². The number of halogens is 1. The van der Waals surface area contributed by atoms with Crippen molar-refractivity contribution >= 4 is 41.3 Å². The lowest BCUT2D eigenvalue weighted by Crippen LogP contribution is -2.18. The zero-order valence-electron chi connectivity index (χ0n) is 15.7. The van der Waals surface area contributed by atoms with E-state index in [1.807, 2.05) is 18.2 Å². The van der Waals surface area contributed by atoms with Crippen LogP contribution in [0.1, 0.15) is 24.8 Å². The Morgan fingerprint density at radius 2 is 1.97 bits per heavy atom. The van der Waals surface area contributed by atoms with Crippen LogP contribution in [0.15, 0.2) is 30.3 Å². The first-order valence-corrected chi connectivity index (χ1v) is 9.13. The highest BCUT2D eigenvalue weighted by Gasteiger charge is 2.17. The van der Waals surface area contributed by atoms with Crippen LogP contribution in [0.3, 0.4) is 0 Å². The van der Waals surface area contributed by atoms with Crippen LogP contribution in [-0.2, 0) is 16.0 Å². The molecule has 0 atom stereocenters. The maximum Gasteiger partial charge on any atom is 0.231 e. The minimum Gasteiger partial charge on any atom is -0.494 e. The summed E-state index contributed by atoms with van der Waals surface area (Å²) in [6.07, 6.45) is 2.05. The molecular weight excluding hydrogens is 398 g/mol. The molecule has 0 radical (unpaired) electrons. The highest BCUT2D eigenvalue weighted by molar-refractivity contribution is 5.95. The third kappa shape index (κ3) is 4.83. The summed E-state index contributed by atoms with van der Waals surface area (Å²) < 4.78 is 16.3. The van der Waals surface area contributed by atoms with E-state index in [0.29, 0.717) is 55.2 Å². The fraction of sp³-hybridized carbons (Fsp3) is 0.300. The SMILES string of the molecule is Cl.Nc1cc2c(cc1NC(=O)CCCOc1ccc3c(c1)CCC(=O)N3)OCO2. The zero-order chi connectivity index (χ0) is 19.5. The third-order valence-electron chi connectivity index (χ3n) is 4.61. The van der Waals surface area contributed by atoms with E-state index in [9.17, 15) is 9.59 Å². The number of benzene rings is 2. The Bertz CT molecular complexity index is 935. The molecule has 0 bridgehead atoms. The Hall–Kier alpha value is -3.13. The number of carbonyl (C=O) groups is 2. The molecule has 2 heterocycles. The van der Waals surface area contributed by atoms with Crippen LogP contribution < -0.4 is 30.6 Å². The summed E-state index contributed by atoms with van der Waals surface area (Å²) in [5.74, 6) is 1.76. The van der Waals surface area contributed by atoms with Gasteiger partial charge in [0, 0.05) is 30.7 Å². The first kappa shape index (κ1) is 20.6. The van der Waals surface area contributed by atoms with Crippen molar-refractivity contribution in [3.05, 3.63) is 35.9 Å². The van der Waals surface area contributed by atoms with E-state index in [2.05, 4.69) is 10.6 Å². The lowest BCUT2D eigenvalue weighted by molar-refractivity contribution is -0.117. The second-order valence-corrected chi connectivity index (χ2v) is 6.66. The van der Waals surface area contributed by atoms with Gasteiger partial charge in [-0.15, -0.1) is 12.4 Å². The van der Waals surface area contributed by atoms with E-state index < -0.39 is 0 Å². The predicted octanol–water partition coefficient (Wildman–Crippen LogP) is 3.10. The molecular formula is C20H22ClN3O5. The number of amides is 2. The van der Waals surface area contributed by atoms with Gasteiger partial charge in [-0.2, -0.15) is 0 Å². The quantitative estimate of drug-likeness (QED) is 0.490. The predicted molar refractivity (Wildman–Crippen MR) is 111 cm³/mol. The summed E-state index contributed by atoms with van der Waals surface area (Å²) in [5.41, 5.74) is 8.77. The maximum absolute atomic E-state index is 12.2. The van der Waals surface area contributed by atoms with Crippen molar-refractivity contribution in [2.75, 3.05) is 29.8 Å². The van der Waals surface area contributed by atoms with Gasteiger partial charge < -0.3 is 30.6 Å². The molecule has 0 unspecified atom stereocenters. The molecule has 4 rings (SSSR count). The van der Waals surface area contributed by atoms with Gasteiger partial charge >= 0.3 is 0 Å². The van der Waals surface area contributed by atoms with Crippen LogP contribution in [0, 0.1) is 0 Å². The Morgan fingerprint density at radius 1 is 1.17 bits per heavy atom. The molecule has 8 nitrogen and oxygen atoms in total. The minimum atomic E-state index is -0.151. The van der Waals surface area contributed by atoms with E-state index >= 15 is 0 Å². The molecule has 4 N–H and O–H groups in total. The van der Waals surface area contributed by atoms with Gasteiger partial charge in [-0.3, -0.25) is 9.59 Å². The van der Waals surface area contributed by atoms with Crippen molar-refractivity contribution in [3.8, 4) is 17.2 Å². The normalized spacial score (nSPS) is 13.7. The Labute approximate surface area is 174 Å². The average molecular weight is 420 g/mol. The summed E-state index contributed by atoms with van der Waals surface area (Å²) in [6, 6.07) is 8.90. The number of nitrogens with one attached hydrogen (secondary N) is 2. The van der Waals surface area contributed by atoms with Gasteiger partial charge in [-0.05, 0) is 36.6 Å². The van der Waals surface area contributed by atoms with Gasteiger partial charge in [0.05, 0.1) is 18.0 Å². The second-order valence-electron chi connectivity index (χ2n) is 6.66. The standard InChI is InChI=1S/C20H21N3O5.ClH/c21-14-9-17-18(28-11-27-17)10-16(14)23-19(24)2-1-7-26-13-4-5-15-12(8-13)3-6-20(25)22-15;/h4-5,8-10H,1-3,6-7,11,21H2,(H,22,25)(H,23,24);1H. The molecule has 0 aromatic heterocycles. The van der Waals surface area contributed by atoms with Crippen molar-refractivity contribution in [2.24, 2.45) is 0 Å². The van der Waals surface area contributed by atoms with Gasteiger partial charge in [0.2, 0.25) is 18.6 Å². The maximum atomic E-state index is 12.2. The first-order valence-electron chi connectivity index (χ1n) is 9.13. The van der Waals surface area contributed by atoms with E-state index in [0.717, 1.165) is 17.0 Å². The van der Waals surface area contributed by atoms with Gasteiger partial charge in [-0.1, -0.05) is 0 Å². The molecule has 154 valence electrons. The summed E-state index contributed by atoms with van der Waals surface area (Å²) >= 11 is 0. The number of nitrogen functional groups attached to an aromatic ring is 1. The molecule has 2 aromatic carbocycles. The molecule has 29 heavy (non-hydrogen) atoms. The largest absolute Gasteiger partial charge is 0.494 e. The topological polar surface area (TPSA) is 112 Å². The summed E-state index contributed by atoms with van der Waals surface area (Å²) in [5, 5.41) is 5.63. The van der Waals surface area contributed by atoms with Crippen LogP contribution in [0.4, 0.5) is 17.1 Å². The number of ether oxygens (including phenoxy) is 3. The molecule has 2 aromatic rings. The number of aryl methyl sites for hydroxylation is 1. The summed E-state index contributed by atoms with van der Waals surface area (Å²) in [4.78, 5) is 23.6. The lowest BCUT2D eigenvalue weighted by Gasteiger charge is -2.17. The molecule has 2 amide bonds. The van der Waals surface area contributed by atoms with Crippen molar-refractivity contribution < 1.29 is 23.8 Å². The third-order valence-corrected chi connectivity index (χ3v) is 4.61. The Balaban J connectivity index is 0.00000240. The van der Waals surface area contributed by atoms with Crippen LogP contribution in [0.2, 0.25) is 0 Å². The minimum absolute atomic E-state index is 0. The fourth-order valence-electron chi connectivity index (χ4n) is 3.15. The number of anilines is 3. The molecule has 2 aliphatic rings. The van der Waals surface area contributed by atoms with Crippen LogP contribution >= 0.6 is 12.4 Å². The van der Waals surface area contributed by atoms with E-state index in [-0.39, 0.29) is 31.0 Å². The van der Waals surface area contributed by atoms with Gasteiger partial charge in [0.25, 0.3) is 0 Å². The summed E-state index contributed by atoms with van der Waals surface area (Å²) in [7, 11) is 0. The number of nitrogens with two attached hydrogens (primary N) is 1. The second kappa shape index (κ2) is 8.91. The van der Waals surface area contributed by atoms with Crippen molar-refractivity contribution in [3.63, 3.8) is 0 Å². The van der Waals surface area contributed by atoms with Gasteiger partial charge in [-0.25, -0.2) is 0 Å². The molecule has 0 spiro atoms. The van der Waals surface area contributed by atoms with E-state index in [4.69, 9.17) is 19.9 Å². The average Bonchev–Trinajstić information content (AvgIpc) is 3.12. The first-order chi connectivity index (χ1) is 13.6. The summed E-state index contributed by atoms with van der Waals surface area (Å²) in [6.45, 7) is 0.563. The van der Waals surface area contributed by atoms with Crippen LogP contribution in [0.25, 0.3) is 0 Å². The van der Waals surface area contributed by atoms with Crippen LogP contribution in [-0.4, -0.2) is 25.2 Å². The highest BCUT2D eigenvalue weighted by Crippen LogP contribution is 2.38. The van der Waals surface area contributed by atoms with Crippen LogP contribution in [0.5, 0.6) is 17.2 Å². The highest BCUT2D eigenvalue weighted by atomic mass is 35.5. The number of fused-ring (bicyclic) bond motifs is 2. The fourth-order valence-corrected chi connectivity index (χ4v) is 3.15. The molecule has 2 aliphatic heterocycles. The molecule has 0 saturated carbocycles. The van der Waals surface area contributed by atoms with Gasteiger partial charge in [0.15, 0.2) is 11.5 Å². The molecule has 0 saturated heterocycles. The lowest BCUT2D eigenvalue weighted by atomic mass is 10.0. The zero-order valence-corrected chi connectivity index (χ0v) is 16.5. The molecule has 9 heteroatoms. The number of rotatable bonds is 6. The molecule has 0 fully saturated rings. The molecule has 0 aliphatic carbocycles. The van der Waals surface area contributed by atoms with Gasteiger partial charge in [0.1, 0.15) is 5.75 Å². The van der Waals surface area contributed by atoms with Crippen molar-refractivity contribution in [1.82, 2.24) is 0 Å².